The Morgan fingerprint density at radius 1 is 1.36 bits per heavy atom. The van der Waals surface area contributed by atoms with E-state index in [4.69, 9.17) is 0 Å². The molecule has 0 saturated carbocycles. The van der Waals surface area contributed by atoms with Crippen LogP contribution in [0.25, 0.3) is 0 Å². The summed E-state index contributed by atoms with van der Waals surface area (Å²) in [5, 5.41) is 0. The van der Waals surface area contributed by atoms with E-state index in [1.165, 1.54) is 20.0 Å². The fraction of sp³-hybridized carbons (Fsp3) is 0.571. The van der Waals surface area contributed by atoms with Gasteiger partial charge in [0, 0.05) is 14.2 Å². The highest BCUT2D eigenvalue weighted by Crippen LogP contribution is 2.47. The molecule has 0 saturated heterocycles. The molecular weight excluding hydrogens is 163 g/mol. The molecule has 0 aliphatic rings. The molecule has 3 nitrogen and oxygen atoms in total. The van der Waals surface area contributed by atoms with E-state index in [0.717, 1.165) is 5.57 Å². The first-order valence-corrected chi connectivity index (χ1v) is 4.77. The largest absolute Gasteiger partial charge is 0.361 e. The minimum atomic E-state index is -2.99. The van der Waals surface area contributed by atoms with E-state index in [2.05, 4.69) is 14.8 Å². The van der Waals surface area contributed by atoms with Gasteiger partial charge in [0.1, 0.15) is 0 Å². The van der Waals surface area contributed by atoms with Crippen LogP contribution in [0.5, 0.6) is 0 Å². The summed E-state index contributed by atoms with van der Waals surface area (Å²) >= 11 is 0. The maximum Gasteiger partial charge on any atom is 0.361 e. The molecule has 0 aromatic rings. The lowest BCUT2D eigenvalue weighted by Crippen LogP contribution is -1.82. The molecule has 4 heteroatoms. The van der Waals surface area contributed by atoms with E-state index in [-0.39, 0.29) is 0 Å². The molecule has 11 heavy (non-hydrogen) atoms. The summed E-state index contributed by atoms with van der Waals surface area (Å²) in [5.74, 6) is 1.32. The standard InChI is InChI=1S/C7H13O3P/c1-7(2)5-6-11(8,9-3)10-4/h6H,1-4H3. The second kappa shape index (κ2) is 4.53. The predicted octanol–water partition coefficient (Wildman–Crippen LogP) is 2.55. The summed E-state index contributed by atoms with van der Waals surface area (Å²) in [4.78, 5) is 0. The van der Waals surface area contributed by atoms with Gasteiger partial charge in [0.15, 0.2) is 0 Å². The summed E-state index contributed by atoms with van der Waals surface area (Å²) < 4.78 is 20.6. The Labute approximate surface area is 67.2 Å². The second-order valence-electron chi connectivity index (χ2n) is 2.18. The first-order valence-electron chi connectivity index (χ1n) is 3.16. The highest BCUT2D eigenvalue weighted by atomic mass is 31.2. The topological polar surface area (TPSA) is 35.5 Å². The van der Waals surface area contributed by atoms with Gasteiger partial charge in [0.25, 0.3) is 0 Å². The predicted molar refractivity (Wildman–Crippen MR) is 44.6 cm³/mol. The first-order chi connectivity index (χ1) is 5.04. The second-order valence-corrected chi connectivity index (χ2v) is 4.25. The molecule has 64 valence electrons. The van der Waals surface area contributed by atoms with Crippen LogP contribution in [0.3, 0.4) is 0 Å². The molecule has 0 amide bonds. The van der Waals surface area contributed by atoms with Crippen molar-refractivity contribution in [3.05, 3.63) is 17.1 Å². The third kappa shape index (κ3) is 4.18. The maximum absolute atomic E-state index is 11.3. The molecular formula is C7H13O3P. The van der Waals surface area contributed by atoms with Gasteiger partial charge >= 0.3 is 7.60 Å². The highest BCUT2D eigenvalue weighted by molar-refractivity contribution is 7.57. The molecule has 0 bridgehead atoms. The zero-order chi connectivity index (χ0) is 8.91. The van der Waals surface area contributed by atoms with Gasteiger partial charge in [-0.25, -0.2) is 0 Å². The van der Waals surface area contributed by atoms with Gasteiger partial charge in [-0.1, -0.05) is 0 Å². The minimum absolute atomic E-state index is 0.930. The maximum atomic E-state index is 11.3. The molecule has 0 aromatic heterocycles. The number of hydrogen-bond acceptors (Lipinski definition) is 3. The molecule has 0 fully saturated rings. The lowest BCUT2D eigenvalue weighted by atomic mass is 10.4. The Bertz CT molecular complexity index is 214. The van der Waals surface area contributed by atoms with Crippen molar-refractivity contribution in [3.8, 4) is 0 Å². The minimum Gasteiger partial charge on any atom is -0.309 e. The summed E-state index contributed by atoms with van der Waals surface area (Å²) in [6, 6.07) is 0. The van der Waals surface area contributed by atoms with E-state index in [1.807, 2.05) is 13.8 Å². The van der Waals surface area contributed by atoms with Crippen molar-refractivity contribution in [2.75, 3.05) is 14.2 Å². The van der Waals surface area contributed by atoms with Crippen molar-refractivity contribution in [3.63, 3.8) is 0 Å². The third-order valence-corrected chi connectivity index (χ3v) is 2.48. The van der Waals surface area contributed by atoms with Crippen molar-refractivity contribution in [1.29, 1.82) is 0 Å². The van der Waals surface area contributed by atoms with Gasteiger partial charge in [0.05, 0.1) is 5.82 Å². The van der Waals surface area contributed by atoms with Gasteiger partial charge < -0.3 is 9.05 Å². The van der Waals surface area contributed by atoms with Gasteiger partial charge in [0.2, 0.25) is 0 Å². The monoisotopic (exact) mass is 176 g/mol. The molecule has 0 heterocycles. The van der Waals surface area contributed by atoms with Crippen LogP contribution >= 0.6 is 7.60 Å². The van der Waals surface area contributed by atoms with Crippen molar-refractivity contribution < 1.29 is 13.6 Å². The van der Waals surface area contributed by atoms with Crippen molar-refractivity contribution >= 4 is 7.60 Å². The van der Waals surface area contributed by atoms with Crippen molar-refractivity contribution in [1.82, 2.24) is 0 Å². The third-order valence-electron chi connectivity index (χ3n) is 1.02. The molecule has 0 rings (SSSR count). The molecule has 0 aliphatic carbocycles. The van der Waals surface area contributed by atoms with Crippen LogP contribution in [0.4, 0.5) is 0 Å². The summed E-state index contributed by atoms with van der Waals surface area (Å²) in [7, 11) is -0.311. The zero-order valence-electron chi connectivity index (χ0n) is 7.25. The van der Waals surface area contributed by atoms with Gasteiger partial charge in [-0.05, 0) is 19.4 Å². The van der Waals surface area contributed by atoms with Crippen molar-refractivity contribution in [2.45, 2.75) is 13.8 Å². The summed E-state index contributed by atoms with van der Waals surface area (Å²) in [6.45, 7) is 3.71. The smallest absolute Gasteiger partial charge is 0.309 e. The normalized spacial score (nSPS) is 10.5. The van der Waals surface area contributed by atoms with Crippen LogP contribution in [0.2, 0.25) is 0 Å². The fourth-order valence-corrected chi connectivity index (χ4v) is 1.16. The van der Waals surface area contributed by atoms with E-state index in [0.29, 0.717) is 0 Å². The van der Waals surface area contributed by atoms with Crippen molar-refractivity contribution in [2.24, 2.45) is 0 Å². The Hall–Kier alpha value is -0.330. The summed E-state index contributed by atoms with van der Waals surface area (Å²) in [5.41, 5.74) is 3.70. The lowest BCUT2D eigenvalue weighted by molar-refractivity contribution is 0.286. The molecule has 0 aromatic carbocycles. The van der Waals surface area contributed by atoms with Gasteiger partial charge in [-0.3, -0.25) is 4.57 Å². The zero-order valence-corrected chi connectivity index (χ0v) is 8.14. The average Bonchev–Trinajstić information content (AvgIpc) is 2.00. The number of allylic oxidation sites excluding steroid dienone is 1. The summed E-state index contributed by atoms with van der Waals surface area (Å²) in [6.07, 6.45) is 0. The number of hydrogen-bond donors (Lipinski definition) is 0. The molecule has 0 N–H and O–H groups in total. The van der Waals surface area contributed by atoms with Crippen LogP contribution in [0.1, 0.15) is 13.8 Å². The quantitative estimate of drug-likeness (QED) is 0.489. The van der Waals surface area contributed by atoms with E-state index in [9.17, 15) is 4.57 Å². The molecule has 0 spiro atoms. The van der Waals surface area contributed by atoms with E-state index >= 15 is 0 Å². The van der Waals surface area contributed by atoms with Crippen LogP contribution in [-0.4, -0.2) is 14.2 Å². The van der Waals surface area contributed by atoms with Gasteiger partial charge in [-0.2, -0.15) is 0 Å². The molecule has 0 radical (unpaired) electrons. The molecule has 0 unspecified atom stereocenters. The van der Waals surface area contributed by atoms with Crippen LogP contribution < -0.4 is 0 Å². The van der Waals surface area contributed by atoms with Crippen LogP contribution in [-0.2, 0) is 13.6 Å². The lowest BCUT2D eigenvalue weighted by Gasteiger charge is -2.05. The van der Waals surface area contributed by atoms with Gasteiger partial charge in [-0.15, -0.1) is 5.73 Å². The van der Waals surface area contributed by atoms with E-state index < -0.39 is 7.60 Å². The molecule has 0 atom stereocenters. The Kier molecular flexibility index (Phi) is 4.39. The highest BCUT2D eigenvalue weighted by Gasteiger charge is 2.14. The Morgan fingerprint density at radius 3 is 2.09 bits per heavy atom. The SMILES string of the molecule is COP(=O)(C=C=C(C)C)OC. The Morgan fingerprint density at radius 2 is 1.82 bits per heavy atom. The first kappa shape index (κ1) is 10.7. The molecule has 0 aliphatic heterocycles. The van der Waals surface area contributed by atoms with Crippen LogP contribution in [0, 0.1) is 0 Å². The Balaban J connectivity index is 4.58. The fourth-order valence-electron chi connectivity index (χ4n) is 0.388. The van der Waals surface area contributed by atoms with Crippen LogP contribution in [0.15, 0.2) is 17.1 Å². The average molecular weight is 176 g/mol. The van der Waals surface area contributed by atoms with E-state index in [1.54, 1.807) is 0 Å². The number of rotatable bonds is 3.